The van der Waals surface area contributed by atoms with Gasteiger partial charge in [0.1, 0.15) is 12.3 Å². The van der Waals surface area contributed by atoms with Crippen molar-refractivity contribution < 1.29 is 22.7 Å². The van der Waals surface area contributed by atoms with Crippen molar-refractivity contribution in [3.8, 4) is 0 Å². The molecule has 6 nitrogen and oxygen atoms in total. The second-order valence-electron chi connectivity index (χ2n) is 5.42. The van der Waals surface area contributed by atoms with Crippen LogP contribution < -0.4 is 5.32 Å². The number of rotatable bonds is 13. The highest BCUT2D eigenvalue weighted by molar-refractivity contribution is 7.92. The lowest BCUT2D eigenvalue weighted by molar-refractivity contribution is -0.140. The quantitative estimate of drug-likeness (QED) is 0.410. The molecule has 0 radical (unpaired) electrons. The molecule has 7 heteroatoms. The van der Waals surface area contributed by atoms with E-state index in [9.17, 15) is 18.0 Å². The smallest absolute Gasteiger partial charge is 0.325 e. The summed E-state index contributed by atoms with van der Waals surface area (Å²) in [6, 6.07) is 0. The minimum absolute atomic E-state index is 0.0214. The lowest BCUT2D eigenvalue weighted by Crippen LogP contribution is -2.35. The fraction of sp³-hybridized carbons (Fsp3) is 0.867. The van der Waals surface area contributed by atoms with Gasteiger partial charge in [-0.1, -0.05) is 51.9 Å². The minimum Gasteiger partial charge on any atom is -0.468 e. The average Bonchev–Trinajstić information content (AvgIpc) is 2.47. The van der Waals surface area contributed by atoms with Crippen molar-refractivity contribution >= 4 is 21.7 Å². The Morgan fingerprint density at radius 3 is 2.05 bits per heavy atom. The summed E-state index contributed by atoms with van der Waals surface area (Å²) >= 11 is 0. The van der Waals surface area contributed by atoms with Crippen LogP contribution in [-0.4, -0.2) is 45.5 Å². The van der Waals surface area contributed by atoms with Crippen molar-refractivity contribution in [1.29, 1.82) is 0 Å². The van der Waals surface area contributed by atoms with Gasteiger partial charge in [0.15, 0.2) is 9.84 Å². The molecule has 0 saturated heterocycles. The second-order valence-corrected chi connectivity index (χ2v) is 7.60. The Bertz CT molecular complexity index is 420. The van der Waals surface area contributed by atoms with Crippen LogP contribution in [0.1, 0.15) is 58.3 Å². The van der Waals surface area contributed by atoms with Crippen LogP contribution in [0.5, 0.6) is 0 Å². The third-order valence-corrected chi connectivity index (χ3v) is 4.93. The Balaban J connectivity index is 3.72. The van der Waals surface area contributed by atoms with Gasteiger partial charge in [-0.15, -0.1) is 0 Å². The predicted octanol–water partition coefficient (Wildman–Crippen LogP) is 1.83. The molecule has 0 unspecified atom stereocenters. The van der Waals surface area contributed by atoms with E-state index in [1.165, 1.54) is 32.8 Å². The Labute approximate surface area is 133 Å². The van der Waals surface area contributed by atoms with Crippen LogP contribution >= 0.6 is 0 Å². The summed E-state index contributed by atoms with van der Waals surface area (Å²) in [7, 11) is -2.20. The zero-order chi connectivity index (χ0) is 16.8. The van der Waals surface area contributed by atoms with Crippen LogP contribution in [0.3, 0.4) is 0 Å². The number of hydrogen-bond donors (Lipinski definition) is 1. The molecule has 0 spiro atoms. The number of unbranched alkanes of at least 4 members (excludes halogenated alkanes) is 7. The Morgan fingerprint density at radius 1 is 0.955 bits per heavy atom. The van der Waals surface area contributed by atoms with Crippen molar-refractivity contribution in [2.75, 3.05) is 25.2 Å². The van der Waals surface area contributed by atoms with E-state index in [2.05, 4.69) is 17.0 Å². The maximum atomic E-state index is 11.8. The van der Waals surface area contributed by atoms with Gasteiger partial charge in [0.25, 0.3) is 0 Å². The topological polar surface area (TPSA) is 89.5 Å². The molecular weight excluding hydrogens is 306 g/mol. The summed E-state index contributed by atoms with van der Waals surface area (Å²) in [6.45, 7) is 1.87. The molecule has 0 aromatic rings. The first-order chi connectivity index (χ1) is 10.4. The molecule has 0 heterocycles. The molecule has 0 saturated carbocycles. The minimum atomic E-state index is -3.40. The van der Waals surface area contributed by atoms with Crippen LogP contribution in [0.25, 0.3) is 0 Å². The number of ether oxygens (including phenoxy) is 1. The molecule has 0 aromatic carbocycles. The third-order valence-electron chi connectivity index (χ3n) is 3.32. The summed E-state index contributed by atoms with van der Waals surface area (Å²) in [5.41, 5.74) is 0. The normalized spacial score (nSPS) is 11.2. The summed E-state index contributed by atoms with van der Waals surface area (Å²) in [5, 5.41) is 2.23. The monoisotopic (exact) mass is 335 g/mol. The molecule has 1 N–H and O–H groups in total. The largest absolute Gasteiger partial charge is 0.468 e. The van der Waals surface area contributed by atoms with Crippen LogP contribution in [0.15, 0.2) is 0 Å². The molecule has 22 heavy (non-hydrogen) atoms. The van der Waals surface area contributed by atoms with Gasteiger partial charge in [-0.25, -0.2) is 8.42 Å². The van der Waals surface area contributed by atoms with Gasteiger partial charge in [-0.2, -0.15) is 0 Å². The van der Waals surface area contributed by atoms with Crippen molar-refractivity contribution in [3.05, 3.63) is 0 Å². The lowest BCUT2D eigenvalue weighted by Gasteiger charge is -2.06. The highest BCUT2D eigenvalue weighted by Crippen LogP contribution is 2.09. The van der Waals surface area contributed by atoms with Crippen LogP contribution in [0.4, 0.5) is 0 Å². The standard InChI is InChI=1S/C15H29NO5S/c1-3-4-5-6-7-8-9-10-11-22(19,20)13-14(17)16-12-15(18)21-2/h3-13H2,1-2H3,(H,16,17). The van der Waals surface area contributed by atoms with Crippen molar-refractivity contribution in [3.63, 3.8) is 0 Å². The summed E-state index contributed by atoms with van der Waals surface area (Å²) < 4.78 is 27.9. The van der Waals surface area contributed by atoms with E-state index in [1.807, 2.05) is 0 Å². The second kappa shape index (κ2) is 12.4. The Morgan fingerprint density at radius 2 is 1.50 bits per heavy atom. The predicted molar refractivity (Wildman–Crippen MR) is 86.3 cm³/mol. The van der Waals surface area contributed by atoms with Gasteiger partial charge in [-0.3, -0.25) is 9.59 Å². The van der Waals surface area contributed by atoms with E-state index in [-0.39, 0.29) is 12.3 Å². The van der Waals surface area contributed by atoms with Crippen molar-refractivity contribution in [1.82, 2.24) is 5.32 Å². The maximum absolute atomic E-state index is 11.8. The highest BCUT2D eigenvalue weighted by atomic mass is 32.2. The number of esters is 1. The SMILES string of the molecule is CCCCCCCCCCS(=O)(=O)CC(=O)NCC(=O)OC. The molecular formula is C15H29NO5S. The molecule has 130 valence electrons. The van der Waals surface area contributed by atoms with E-state index in [0.29, 0.717) is 6.42 Å². The van der Waals surface area contributed by atoms with E-state index < -0.39 is 27.5 Å². The number of nitrogens with one attached hydrogen (secondary N) is 1. The van der Waals surface area contributed by atoms with Crippen molar-refractivity contribution in [2.24, 2.45) is 0 Å². The molecule has 0 fully saturated rings. The first-order valence-corrected chi connectivity index (χ1v) is 9.77. The van der Waals surface area contributed by atoms with Gasteiger partial charge < -0.3 is 10.1 Å². The molecule has 0 aliphatic heterocycles. The molecule has 0 aliphatic rings. The number of amides is 1. The van der Waals surface area contributed by atoms with E-state index >= 15 is 0 Å². The molecule has 0 atom stereocenters. The summed E-state index contributed by atoms with van der Waals surface area (Å²) in [5.74, 6) is -1.81. The highest BCUT2D eigenvalue weighted by Gasteiger charge is 2.16. The summed E-state index contributed by atoms with van der Waals surface area (Å²) in [4.78, 5) is 22.3. The number of sulfone groups is 1. The van der Waals surface area contributed by atoms with Crippen LogP contribution in [-0.2, 0) is 24.2 Å². The Hall–Kier alpha value is -1.11. The first kappa shape index (κ1) is 20.9. The molecule has 0 aliphatic carbocycles. The number of carbonyl (C=O) groups excluding carboxylic acids is 2. The van der Waals surface area contributed by atoms with Gasteiger partial charge in [0.2, 0.25) is 5.91 Å². The Kier molecular flexibility index (Phi) is 11.8. The van der Waals surface area contributed by atoms with Gasteiger partial charge in [0, 0.05) is 0 Å². The van der Waals surface area contributed by atoms with Crippen LogP contribution in [0.2, 0.25) is 0 Å². The molecule has 0 aromatic heterocycles. The van der Waals surface area contributed by atoms with Crippen molar-refractivity contribution in [2.45, 2.75) is 58.3 Å². The molecule has 0 bridgehead atoms. The fourth-order valence-corrected chi connectivity index (χ4v) is 3.31. The summed E-state index contributed by atoms with van der Waals surface area (Å²) in [6.07, 6.45) is 8.56. The van der Waals surface area contributed by atoms with E-state index in [4.69, 9.17) is 0 Å². The fourth-order valence-electron chi connectivity index (χ4n) is 2.02. The van der Waals surface area contributed by atoms with Crippen LogP contribution in [0, 0.1) is 0 Å². The maximum Gasteiger partial charge on any atom is 0.325 e. The zero-order valence-corrected chi connectivity index (χ0v) is 14.5. The lowest BCUT2D eigenvalue weighted by atomic mass is 10.1. The number of methoxy groups -OCH3 is 1. The molecule has 0 rings (SSSR count). The third kappa shape index (κ3) is 12.6. The average molecular weight is 335 g/mol. The van der Waals surface area contributed by atoms with Gasteiger partial charge >= 0.3 is 5.97 Å². The number of hydrogen-bond acceptors (Lipinski definition) is 5. The van der Waals surface area contributed by atoms with Gasteiger partial charge in [-0.05, 0) is 6.42 Å². The van der Waals surface area contributed by atoms with E-state index in [0.717, 1.165) is 19.3 Å². The van der Waals surface area contributed by atoms with E-state index in [1.54, 1.807) is 0 Å². The molecule has 1 amide bonds. The number of carbonyl (C=O) groups is 2. The zero-order valence-electron chi connectivity index (χ0n) is 13.7. The first-order valence-electron chi connectivity index (χ1n) is 7.95. The van der Waals surface area contributed by atoms with Gasteiger partial charge in [0.05, 0.1) is 12.9 Å².